The highest BCUT2D eigenvalue weighted by Gasteiger charge is 2.38. The minimum Gasteiger partial charge on any atom is -0.741 e. The Kier molecular flexibility index (Phi) is 9.06. The molecule has 0 spiro atoms. The summed E-state index contributed by atoms with van der Waals surface area (Å²) in [5.74, 6) is 0. The van der Waals surface area contributed by atoms with Crippen molar-refractivity contribution in [1.82, 2.24) is 0 Å². The van der Waals surface area contributed by atoms with Crippen LogP contribution in [0.1, 0.15) is 66.8 Å². The number of hydrogen-bond acceptors (Lipinski definition) is 6. The lowest BCUT2D eigenvalue weighted by Crippen LogP contribution is -2.21. The van der Waals surface area contributed by atoms with Gasteiger partial charge in [0.15, 0.2) is 20.2 Å². The van der Waals surface area contributed by atoms with Gasteiger partial charge in [0, 0.05) is 0 Å². The van der Waals surface area contributed by atoms with E-state index in [1.54, 1.807) is 0 Å². The van der Waals surface area contributed by atoms with Crippen LogP contribution in [0.4, 0.5) is 26.3 Å². The fourth-order valence-corrected chi connectivity index (χ4v) is 10.7. The predicted molar refractivity (Wildman–Crippen MR) is 227 cm³/mol. The zero-order valence-electron chi connectivity index (χ0n) is 33.6. The largest absolute Gasteiger partial charge is 0.741 e. The summed E-state index contributed by atoms with van der Waals surface area (Å²) in [6.07, 6.45) is 13.0. The summed E-state index contributed by atoms with van der Waals surface area (Å²) in [5.41, 5.74) is 10.4. The Balaban J connectivity index is 0.000000247. The van der Waals surface area contributed by atoms with Gasteiger partial charge in [0.2, 0.25) is 0 Å². The summed E-state index contributed by atoms with van der Waals surface area (Å²) in [7, 11) is -12.2. The number of halogens is 6. The van der Waals surface area contributed by atoms with Gasteiger partial charge in [0.05, 0.1) is 43.8 Å². The SMILES string of the molecule is O=S(=O)([O-])C(F)(F)F.O=S(=O)([O-])C(F)(F)F.c1c2c3cc4c1CCc1cc5c([o+]c14)c1cc4c(cc1CC5)CCc1cc5c(cc14)c1[o+]c4c(cc1CC5)CCc1cc(c3cc14)CC2. The Hall–Kier alpha value is -5.42. The first-order valence-electron chi connectivity index (χ1n) is 20.9. The van der Waals surface area contributed by atoms with Gasteiger partial charge in [0.1, 0.15) is 0 Å². The average molecular weight is 917 g/mol. The maximum absolute atomic E-state index is 10.7. The van der Waals surface area contributed by atoms with E-state index in [-0.39, 0.29) is 0 Å². The second-order valence-corrected chi connectivity index (χ2v) is 20.1. The third kappa shape index (κ3) is 6.61. The van der Waals surface area contributed by atoms with E-state index in [9.17, 15) is 26.3 Å². The molecule has 12 bridgehead atoms. The smallest absolute Gasteiger partial charge is 0.485 e. The molecular formula is C48H34F6O8S2. The summed E-state index contributed by atoms with van der Waals surface area (Å²) in [6.45, 7) is 0. The quantitative estimate of drug-likeness (QED) is 0.0635. The number of hydrogen-bond donors (Lipinski definition) is 0. The van der Waals surface area contributed by atoms with Gasteiger partial charge in [0.25, 0.3) is 0 Å². The number of rotatable bonds is 0. The van der Waals surface area contributed by atoms with Crippen LogP contribution in [0.5, 0.6) is 0 Å². The first-order chi connectivity index (χ1) is 30.2. The average Bonchev–Trinajstić information content (AvgIpc) is 3.24. The molecule has 0 radical (unpaired) electrons. The molecule has 0 saturated carbocycles. The van der Waals surface area contributed by atoms with Gasteiger partial charge >= 0.3 is 33.3 Å². The molecule has 7 aromatic rings. The van der Waals surface area contributed by atoms with Crippen LogP contribution >= 0.6 is 0 Å². The fraction of sp³-hybridized carbons (Fsp3) is 0.292. The zero-order chi connectivity index (χ0) is 44.8. The number of aryl methyl sites for hydroxylation is 12. The summed E-state index contributed by atoms with van der Waals surface area (Å²) in [6, 6.07) is 25.1. The Bertz CT molecular complexity index is 2930. The fourth-order valence-electron chi connectivity index (χ4n) is 10.7. The number of benzene rings is 4. The molecule has 0 N–H and O–H groups in total. The normalized spacial score (nSPS) is 16.2. The van der Waals surface area contributed by atoms with E-state index in [4.69, 9.17) is 34.8 Å². The zero-order valence-corrected chi connectivity index (χ0v) is 35.2. The summed E-state index contributed by atoms with van der Waals surface area (Å²) in [5, 5.41) is 10.8. The molecule has 13 rings (SSSR count). The molecule has 4 aromatic carbocycles. The molecule has 0 unspecified atom stereocenters. The monoisotopic (exact) mass is 916 g/mol. The maximum Gasteiger partial charge on any atom is 0.485 e. The lowest BCUT2D eigenvalue weighted by Gasteiger charge is -2.21. The predicted octanol–water partition coefficient (Wildman–Crippen LogP) is 10.7. The molecule has 16 heteroatoms. The Labute approximate surface area is 361 Å². The lowest BCUT2D eigenvalue weighted by molar-refractivity contribution is -0.0522. The molecule has 6 aliphatic rings. The molecule has 8 nitrogen and oxygen atoms in total. The van der Waals surface area contributed by atoms with Crippen molar-refractivity contribution in [1.29, 1.82) is 0 Å². The minimum absolute atomic E-state index is 1.06. The van der Waals surface area contributed by atoms with Crippen LogP contribution < -0.4 is 0 Å². The van der Waals surface area contributed by atoms with Crippen molar-refractivity contribution in [3.8, 4) is 0 Å². The van der Waals surface area contributed by atoms with E-state index in [0.29, 0.717) is 0 Å². The molecule has 328 valence electrons. The molecule has 0 amide bonds. The van der Waals surface area contributed by atoms with Crippen molar-refractivity contribution >= 4 is 85.7 Å². The van der Waals surface area contributed by atoms with Crippen LogP contribution in [-0.2, 0) is 97.3 Å². The van der Waals surface area contributed by atoms with Crippen LogP contribution in [-0.4, -0.2) is 37.0 Å². The highest BCUT2D eigenvalue weighted by atomic mass is 32.2. The lowest BCUT2D eigenvalue weighted by atomic mass is 9.81. The minimum atomic E-state index is -6.09. The van der Waals surface area contributed by atoms with Gasteiger partial charge in [-0.2, -0.15) is 26.3 Å². The second kappa shape index (κ2) is 14.0. The van der Waals surface area contributed by atoms with Crippen molar-refractivity contribution in [2.45, 2.75) is 88.1 Å². The van der Waals surface area contributed by atoms with Crippen LogP contribution in [0.25, 0.3) is 65.4 Å². The molecular weight excluding hydrogens is 883 g/mol. The number of alkyl halides is 6. The third-order valence-electron chi connectivity index (χ3n) is 13.7. The standard InChI is InChI=1S/C46H34O2.2CHF3O3S/c1-2-24-14-28-6-10-32-18-34-12-8-30-16-26-4-3-25-15-29-7-11-33-17-31-9-5-27-13-23(1)35-19-39(27)43(31)47-45(33)41(29)21-37(25)38(26)22-42(30)46(34)48-44(32)40(28)20-36(24)35;2*2-1(3,4)8(5,6)7/h13-22H,1-12H2;2*(H,5,6,7)/q+2;;/p-2. The van der Waals surface area contributed by atoms with E-state index in [1.807, 2.05) is 0 Å². The molecule has 0 saturated heterocycles. The van der Waals surface area contributed by atoms with E-state index in [1.165, 1.54) is 110 Å². The molecule has 0 atom stereocenters. The van der Waals surface area contributed by atoms with Gasteiger partial charge in [-0.25, -0.2) is 25.7 Å². The highest BCUT2D eigenvalue weighted by molar-refractivity contribution is 7.86. The van der Waals surface area contributed by atoms with Crippen molar-refractivity contribution < 1.29 is 61.1 Å². The molecule has 6 aliphatic carbocycles. The summed E-state index contributed by atoms with van der Waals surface area (Å²) in [4.78, 5) is 0. The van der Waals surface area contributed by atoms with E-state index in [2.05, 4.69) is 60.7 Å². The second-order valence-electron chi connectivity index (χ2n) is 17.4. The van der Waals surface area contributed by atoms with Crippen LogP contribution in [0.3, 0.4) is 0 Å². The van der Waals surface area contributed by atoms with Crippen LogP contribution in [0.15, 0.2) is 69.5 Å². The maximum atomic E-state index is 10.7. The van der Waals surface area contributed by atoms with Crippen molar-refractivity contribution in [3.63, 3.8) is 0 Å². The van der Waals surface area contributed by atoms with Crippen molar-refractivity contribution in [2.75, 3.05) is 0 Å². The summed E-state index contributed by atoms with van der Waals surface area (Å²) >= 11 is 0. The first-order valence-corrected chi connectivity index (χ1v) is 23.7. The molecule has 0 fully saturated rings. The van der Waals surface area contributed by atoms with Crippen molar-refractivity contribution in [3.05, 3.63) is 127 Å². The van der Waals surface area contributed by atoms with Crippen LogP contribution in [0, 0.1) is 0 Å². The molecule has 3 aromatic heterocycles. The van der Waals surface area contributed by atoms with Gasteiger partial charge in [-0.3, -0.25) is 0 Å². The highest BCUT2D eigenvalue weighted by Crippen LogP contribution is 2.44. The molecule has 64 heavy (non-hydrogen) atoms. The third-order valence-corrected chi connectivity index (χ3v) is 14.8. The van der Waals surface area contributed by atoms with E-state index < -0.39 is 31.3 Å². The van der Waals surface area contributed by atoms with Gasteiger partial charge in [-0.05, 0) is 180 Å². The van der Waals surface area contributed by atoms with Gasteiger partial charge in [-0.15, -0.1) is 0 Å². The Morgan fingerprint density at radius 1 is 0.312 bits per heavy atom. The van der Waals surface area contributed by atoms with Crippen molar-refractivity contribution in [2.24, 2.45) is 0 Å². The Morgan fingerprint density at radius 2 is 0.469 bits per heavy atom. The first kappa shape index (κ1) is 41.3. The summed E-state index contributed by atoms with van der Waals surface area (Å²) < 4.78 is 132. The Morgan fingerprint density at radius 3 is 0.656 bits per heavy atom. The van der Waals surface area contributed by atoms with E-state index >= 15 is 0 Å². The molecule has 0 aliphatic heterocycles. The van der Waals surface area contributed by atoms with E-state index in [0.717, 1.165) is 99.4 Å². The van der Waals surface area contributed by atoms with Crippen LogP contribution in [0.2, 0.25) is 0 Å². The van der Waals surface area contributed by atoms with Gasteiger partial charge < -0.3 is 9.11 Å². The molecule has 3 heterocycles. The topological polar surface area (TPSA) is 137 Å². The van der Waals surface area contributed by atoms with Gasteiger partial charge in [-0.1, -0.05) is 24.3 Å².